The number of carbonyl (C=O) groups excluding carboxylic acids is 1. The first kappa shape index (κ1) is 18.1. The number of halogens is 1. The molecule has 0 saturated carbocycles. The summed E-state index contributed by atoms with van der Waals surface area (Å²) in [4.78, 5) is 12.0. The molecule has 0 spiro atoms. The van der Waals surface area contributed by atoms with Gasteiger partial charge < -0.3 is 5.32 Å². The molecule has 0 aliphatic carbocycles. The number of benzene rings is 2. The van der Waals surface area contributed by atoms with E-state index >= 15 is 0 Å². The Hall–Kier alpha value is -2.25. The van der Waals surface area contributed by atoms with Crippen LogP contribution in [0.2, 0.25) is 0 Å². The van der Waals surface area contributed by atoms with Crippen molar-refractivity contribution >= 4 is 15.9 Å². The van der Waals surface area contributed by atoms with Crippen molar-refractivity contribution in [2.24, 2.45) is 0 Å². The van der Waals surface area contributed by atoms with Crippen molar-refractivity contribution in [2.75, 3.05) is 13.6 Å². The van der Waals surface area contributed by atoms with Crippen LogP contribution in [0.4, 0.5) is 4.39 Å². The van der Waals surface area contributed by atoms with E-state index in [4.69, 9.17) is 0 Å². The molecule has 0 saturated heterocycles. The van der Waals surface area contributed by atoms with E-state index in [0.717, 1.165) is 22.0 Å². The van der Waals surface area contributed by atoms with Crippen LogP contribution in [0.3, 0.4) is 0 Å². The first-order valence-corrected chi connectivity index (χ1v) is 8.81. The smallest absolute Gasteiger partial charge is 0.243 e. The van der Waals surface area contributed by atoms with E-state index in [2.05, 4.69) is 5.32 Å². The molecule has 2 aromatic rings. The van der Waals surface area contributed by atoms with E-state index < -0.39 is 21.7 Å². The number of amides is 1. The minimum atomic E-state index is -3.85. The number of rotatable bonds is 6. The van der Waals surface area contributed by atoms with Gasteiger partial charge in [-0.3, -0.25) is 4.79 Å². The number of nitrogens with one attached hydrogen (secondary N) is 1. The lowest BCUT2D eigenvalue weighted by Gasteiger charge is -2.19. The van der Waals surface area contributed by atoms with E-state index in [1.807, 2.05) is 37.3 Å². The summed E-state index contributed by atoms with van der Waals surface area (Å²) in [6, 6.07) is 13.6. The van der Waals surface area contributed by atoms with E-state index in [9.17, 15) is 17.6 Å². The largest absolute Gasteiger partial charge is 0.348 e. The van der Waals surface area contributed by atoms with Crippen LogP contribution < -0.4 is 5.32 Å². The Bertz CT molecular complexity index is 792. The van der Waals surface area contributed by atoms with Crippen LogP contribution in [-0.2, 0) is 14.8 Å². The van der Waals surface area contributed by atoms with Crippen LogP contribution >= 0.6 is 0 Å². The summed E-state index contributed by atoms with van der Waals surface area (Å²) >= 11 is 0. The van der Waals surface area contributed by atoms with E-state index in [1.165, 1.54) is 19.2 Å². The number of sulfonamides is 1. The quantitative estimate of drug-likeness (QED) is 0.869. The van der Waals surface area contributed by atoms with Crippen molar-refractivity contribution in [1.82, 2.24) is 9.62 Å². The Morgan fingerprint density at radius 3 is 2.29 bits per heavy atom. The highest BCUT2D eigenvalue weighted by Crippen LogP contribution is 2.15. The summed E-state index contributed by atoms with van der Waals surface area (Å²) < 4.78 is 38.6. The van der Waals surface area contributed by atoms with Crippen LogP contribution in [0.5, 0.6) is 0 Å². The number of nitrogens with zero attached hydrogens (tertiary/aromatic N) is 1. The Kier molecular flexibility index (Phi) is 5.69. The normalized spacial score (nSPS) is 12.8. The first-order chi connectivity index (χ1) is 11.3. The summed E-state index contributed by atoms with van der Waals surface area (Å²) in [7, 11) is -2.53. The summed E-state index contributed by atoms with van der Waals surface area (Å²) in [5, 5.41) is 2.75. The van der Waals surface area contributed by atoms with E-state index in [0.29, 0.717) is 0 Å². The third kappa shape index (κ3) is 4.39. The summed E-state index contributed by atoms with van der Waals surface area (Å²) in [5.41, 5.74) is 0.926. The molecular formula is C17H19FN2O3S. The third-order valence-electron chi connectivity index (χ3n) is 3.57. The monoisotopic (exact) mass is 350 g/mol. The second kappa shape index (κ2) is 7.55. The highest BCUT2D eigenvalue weighted by atomic mass is 32.2. The molecule has 24 heavy (non-hydrogen) atoms. The third-order valence-corrected chi connectivity index (χ3v) is 5.38. The Balaban J connectivity index is 2.01. The van der Waals surface area contributed by atoms with Gasteiger partial charge in [-0.1, -0.05) is 30.3 Å². The molecule has 0 unspecified atom stereocenters. The minimum Gasteiger partial charge on any atom is -0.348 e. The average Bonchev–Trinajstić information content (AvgIpc) is 2.55. The average molecular weight is 350 g/mol. The fourth-order valence-corrected chi connectivity index (χ4v) is 3.31. The van der Waals surface area contributed by atoms with Crippen molar-refractivity contribution in [3.63, 3.8) is 0 Å². The molecule has 0 heterocycles. The predicted octanol–water partition coefficient (Wildman–Crippen LogP) is 2.32. The molecule has 0 aliphatic rings. The SMILES string of the molecule is C[C@@H](NC(=O)CN(C)S(=O)(=O)c1ccc(F)cc1)c1ccccc1. The number of hydrogen-bond donors (Lipinski definition) is 1. The van der Waals surface area contributed by atoms with Crippen LogP contribution in [0.25, 0.3) is 0 Å². The molecule has 0 radical (unpaired) electrons. The topological polar surface area (TPSA) is 66.5 Å². The van der Waals surface area contributed by atoms with Crippen molar-refractivity contribution in [3.8, 4) is 0 Å². The number of carbonyl (C=O) groups is 1. The predicted molar refractivity (Wildman–Crippen MR) is 89.2 cm³/mol. The maximum atomic E-state index is 12.9. The second-order valence-electron chi connectivity index (χ2n) is 5.41. The van der Waals surface area contributed by atoms with Gasteiger partial charge in [0.25, 0.3) is 0 Å². The molecule has 0 bridgehead atoms. The summed E-state index contributed by atoms with van der Waals surface area (Å²) in [6.07, 6.45) is 0. The molecule has 2 aromatic carbocycles. The van der Waals surface area contributed by atoms with Gasteiger partial charge in [0, 0.05) is 7.05 Å². The van der Waals surface area contributed by atoms with Gasteiger partial charge in [0.15, 0.2) is 0 Å². The highest BCUT2D eigenvalue weighted by molar-refractivity contribution is 7.89. The highest BCUT2D eigenvalue weighted by Gasteiger charge is 2.23. The van der Waals surface area contributed by atoms with Crippen molar-refractivity contribution in [3.05, 3.63) is 66.0 Å². The maximum Gasteiger partial charge on any atom is 0.243 e. The molecule has 1 amide bonds. The fourth-order valence-electron chi connectivity index (χ4n) is 2.19. The standard InChI is InChI=1S/C17H19FN2O3S/c1-13(14-6-4-3-5-7-14)19-17(21)12-20(2)24(22,23)16-10-8-15(18)9-11-16/h3-11,13H,12H2,1-2H3,(H,19,21)/t13-/m1/s1. The molecule has 5 nitrogen and oxygen atoms in total. The molecule has 0 aromatic heterocycles. The van der Waals surface area contributed by atoms with Gasteiger partial charge >= 0.3 is 0 Å². The molecule has 128 valence electrons. The molecule has 1 atom stereocenters. The molecular weight excluding hydrogens is 331 g/mol. The molecule has 7 heteroatoms. The number of likely N-dealkylation sites (N-methyl/N-ethyl adjacent to an activating group) is 1. The van der Waals surface area contributed by atoms with Crippen LogP contribution in [-0.4, -0.2) is 32.2 Å². The van der Waals surface area contributed by atoms with Crippen LogP contribution in [0.15, 0.2) is 59.5 Å². The van der Waals surface area contributed by atoms with Crippen molar-refractivity contribution in [1.29, 1.82) is 0 Å². The van der Waals surface area contributed by atoms with E-state index in [-0.39, 0.29) is 17.5 Å². The number of hydrogen-bond acceptors (Lipinski definition) is 3. The van der Waals surface area contributed by atoms with Gasteiger partial charge in [0.1, 0.15) is 5.82 Å². The van der Waals surface area contributed by atoms with Crippen molar-refractivity contribution in [2.45, 2.75) is 17.9 Å². The lowest BCUT2D eigenvalue weighted by atomic mass is 10.1. The lowest BCUT2D eigenvalue weighted by Crippen LogP contribution is -2.39. The summed E-state index contributed by atoms with van der Waals surface area (Å²) in [5.74, 6) is -0.939. The van der Waals surface area contributed by atoms with Gasteiger partial charge in [-0.05, 0) is 36.8 Å². The van der Waals surface area contributed by atoms with Gasteiger partial charge in [-0.25, -0.2) is 12.8 Å². The van der Waals surface area contributed by atoms with Crippen LogP contribution in [0.1, 0.15) is 18.5 Å². The van der Waals surface area contributed by atoms with Gasteiger partial charge in [-0.2, -0.15) is 4.31 Å². The zero-order valence-electron chi connectivity index (χ0n) is 13.4. The minimum absolute atomic E-state index is 0.0599. The molecule has 2 rings (SSSR count). The van der Waals surface area contributed by atoms with Gasteiger partial charge in [0.05, 0.1) is 17.5 Å². The van der Waals surface area contributed by atoms with Gasteiger partial charge in [0.2, 0.25) is 15.9 Å². The molecule has 0 aliphatic heterocycles. The Morgan fingerprint density at radius 1 is 1.12 bits per heavy atom. The zero-order valence-corrected chi connectivity index (χ0v) is 14.3. The van der Waals surface area contributed by atoms with Gasteiger partial charge in [-0.15, -0.1) is 0 Å². The maximum absolute atomic E-state index is 12.9. The zero-order chi connectivity index (χ0) is 17.7. The molecule has 1 N–H and O–H groups in total. The van der Waals surface area contributed by atoms with Crippen LogP contribution in [0, 0.1) is 5.82 Å². The van der Waals surface area contributed by atoms with Crippen molar-refractivity contribution < 1.29 is 17.6 Å². The second-order valence-corrected chi connectivity index (χ2v) is 7.46. The first-order valence-electron chi connectivity index (χ1n) is 7.37. The Labute approximate surface area is 141 Å². The Morgan fingerprint density at radius 2 is 1.71 bits per heavy atom. The van der Waals surface area contributed by atoms with E-state index in [1.54, 1.807) is 0 Å². The molecule has 0 fully saturated rings. The summed E-state index contributed by atoms with van der Waals surface area (Å²) in [6.45, 7) is 1.50. The lowest BCUT2D eigenvalue weighted by molar-refractivity contribution is -0.121. The fraction of sp³-hybridized carbons (Fsp3) is 0.235.